The van der Waals surface area contributed by atoms with Gasteiger partial charge in [0.2, 0.25) is 21.1 Å². The van der Waals surface area contributed by atoms with Crippen molar-refractivity contribution >= 4 is 32.4 Å². The fraction of sp³-hybridized carbons (Fsp3) is 0.318. The van der Waals surface area contributed by atoms with Crippen LogP contribution in [0.1, 0.15) is 24.0 Å². The van der Waals surface area contributed by atoms with Crippen molar-refractivity contribution in [3.8, 4) is 10.6 Å². The van der Waals surface area contributed by atoms with Crippen molar-refractivity contribution in [1.29, 1.82) is 0 Å². The third-order valence-corrected chi connectivity index (χ3v) is 8.21. The van der Waals surface area contributed by atoms with Gasteiger partial charge in [0, 0.05) is 24.6 Å². The minimum atomic E-state index is -3.41. The maximum Gasteiger partial charge on any atom is 0.229 e. The van der Waals surface area contributed by atoms with Gasteiger partial charge in [0.25, 0.3) is 0 Å². The number of hydrogen-bond donors (Lipinski definition) is 1. The van der Waals surface area contributed by atoms with Gasteiger partial charge in [0.1, 0.15) is 5.01 Å². The molecule has 1 aliphatic rings. The first-order valence-electron chi connectivity index (χ1n) is 10.1. The second-order valence-corrected chi connectivity index (χ2v) is 10.6. The van der Waals surface area contributed by atoms with Crippen LogP contribution in [0.25, 0.3) is 10.6 Å². The molecule has 0 saturated carbocycles. The Morgan fingerprint density at radius 3 is 2.45 bits per heavy atom. The molecule has 0 bridgehead atoms. The van der Waals surface area contributed by atoms with Gasteiger partial charge in [-0.25, -0.2) is 12.7 Å². The van der Waals surface area contributed by atoms with Crippen LogP contribution in [0, 0.1) is 12.8 Å². The number of sulfonamides is 1. The van der Waals surface area contributed by atoms with E-state index in [1.807, 2.05) is 61.5 Å². The SMILES string of the molecule is Cc1ccccc1CS(=O)(=O)N1CCC(C(=O)Nc2nnc(-c3ccccc3)s2)CC1. The number of nitrogens with zero attached hydrogens (tertiary/aromatic N) is 3. The minimum Gasteiger partial charge on any atom is -0.300 e. The molecule has 162 valence electrons. The lowest BCUT2D eigenvalue weighted by molar-refractivity contribution is -0.120. The summed E-state index contributed by atoms with van der Waals surface area (Å²) < 4.78 is 27.1. The highest BCUT2D eigenvalue weighted by atomic mass is 32.2. The fourth-order valence-electron chi connectivity index (χ4n) is 3.63. The van der Waals surface area contributed by atoms with Crippen LogP contribution < -0.4 is 5.32 Å². The van der Waals surface area contributed by atoms with E-state index < -0.39 is 10.0 Å². The lowest BCUT2D eigenvalue weighted by Crippen LogP contribution is -2.41. The van der Waals surface area contributed by atoms with Crippen molar-refractivity contribution in [3.63, 3.8) is 0 Å². The van der Waals surface area contributed by atoms with Crippen LogP contribution in [0.15, 0.2) is 54.6 Å². The molecule has 9 heteroatoms. The highest BCUT2D eigenvalue weighted by Gasteiger charge is 2.31. The fourth-order valence-corrected chi connectivity index (χ4v) is 6.05. The molecule has 2 heterocycles. The molecule has 1 saturated heterocycles. The number of amides is 1. The molecule has 31 heavy (non-hydrogen) atoms. The molecular formula is C22H24N4O3S2. The highest BCUT2D eigenvalue weighted by molar-refractivity contribution is 7.88. The van der Waals surface area contributed by atoms with Crippen molar-refractivity contribution in [1.82, 2.24) is 14.5 Å². The molecule has 0 spiro atoms. The number of aryl methyl sites for hydroxylation is 1. The first kappa shape index (κ1) is 21.6. The topological polar surface area (TPSA) is 92.3 Å². The molecule has 3 aromatic rings. The van der Waals surface area contributed by atoms with Gasteiger partial charge in [0.15, 0.2) is 0 Å². The standard InChI is InChI=1S/C22H24N4O3S2/c1-16-7-5-6-10-19(16)15-31(28,29)26-13-11-17(12-14-26)20(27)23-22-25-24-21(30-22)18-8-3-2-4-9-18/h2-10,17H,11-15H2,1H3,(H,23,25,27). The summed E-state index contributed by atoms with van der Waals surface area (Å²) in [4.78, 5) is 12.7. The minimum absolute atomic E-state index is 0.0103. The normalized spacial score (nSPS) is 15.6. The van der Waals surface area contributed by atoms with Crippen molar-refractivity contribution in [2.75, 3.05) is 18.4 Å². The molecule has 1 amide bonds. The number of piperidine rings is 1. The van der Waals surface area contributed by atoms with Gasteiger partial charge in [-0.2, -0.15) is 0 Å². The highest BCUT2D eigenvalue weighted by Crippen LogP contribution is 2.28. The van der Waals surface area contributed by atoms with E-state index in [4.69, 9.17) is 0 Å². The Kier molecular flexibility index (Phi) is 6.45. The molecule has 0 aliphatic carbocycles. The van der Waals surface area contributed by atoms with E-state index in [1.165, 1.54) is 15.6 Å². The van der Waals surface area contributed by atoms with Crippen molar-refractivity contribution in [2.24, 2.45) is 5.92 Å². The first-order valence-corrected chi connectivity index (χ1v) is 12.6. The molecule has 0 unspecified atom stereocenters. The quantitative estimate of drug-likeness (QED) is 0.611. The maximum atomic E-state index is 12.8. The van der Waals surface area contributed by atoms with Crippen LogP contribution in [0.2, 0.25) is 0 Å². The second kappa shape index (κ2) is 9.25. The number of nitrogens with one attached hydrogen (secondary N) is 1. The van der Waals surface area contributed by atoms with E-state index in [1.54, 1.807) is 0 Å². The first-order chi connectivity index (χ1) is 14.9. The smallest absolute Gasteiger partial charge is 0.229 e. The molecule has 0 radical (unpaired) electrons. The summed E-state index contributed by atoms with van der Waals surface area (Å²) in [5.74, 6) is -0.385. The van der Waals surface area contributed by atoms with E-state index in [0.717, 1.165) is 21.7 Å². The number of anilines is 1. The van der Waals surface area contributed by atoms with Crippen LogP contribution >= 0.6 is 11.3 Å². The molecule has 1 aromatic heterocycles. The van der Waals surface area contributed by atoms with Crippen LogP contribution in [0.5, 0.6) is 0 Å². The lowest BCUT2D eigenvalue weighted by Gasteiger charge is -2.30. The van der Waals surface area contributed by atoms with E-state index in [9.17, 15) is 13.2 Å². The second-order valence-electron chi connectivity index (χ2n) is 7.62. The zero-order valence-electron chi connectivity index (χ0n) is 17.2. The summed E-state index contributed by atoms with van der Waals surface area (Å²) in [7, 11) is -3.41. The van der Waals surface area contributed by atoms with Crippen molar-refractivity contribution < 1.29 is 13.2 Å². The predicted octanol–water partition coefficient (Wildman–Crippen LogP) is 3.69. The Labute approximate surface area is 186 Å². The molecule has 7 nitrogen and oxygen atoms in total. The average Bonchev–Trinajstić information content (AvgIpc) is 3.24. The van der Waals surface area contributed by atoms with Gasteiger partial charge in [-0.05, 0) is 30.9 Å². The Morgan fingerprint density at radius 1 is 1.06 bits per heavy atom. The monoisotopic (exact) mass is 456 g/mol. The molecule has 4 rings (SSSR count). The average molecular weight is 457 g/mol. The summed E-state index contributed by atoms with van der Waals surface area (Å²) >= 11 is 1.33. The zero-order valence-corrected chi connectivity index (χ0v) is 18.8. The Bertz CT molecular complexity index is 1150. The van der Waals surface area contributed by atoms with Crippen LogP contribution in [0.3, 0.4) is 0 Å². The third-order valence-electron chi connectivity index (χ3n) is 5.49. The summed E-state index contributed by atoms with van der Waals surface area (Å²) in [6, 6.07) is 17.2. The van der Waals surface area contributed by atoms with Crippen LogP contribution in [-0.2, 0) is 20.6 Å². The third kappa shape index (κ3) is 5.17. The van der Waals surface area contributed by atoms with Gasteiger partial charge in [-0.1, -0.05) is 65.9 Å². The van der Waals surface area contributed by atoms with Crippen molar-refractivity contribution in [2.45, 2.75) is 25.5 Å². The summed E-state index contributed by atoms with van der Waals surface area (Å²) in [5.41, 5.74) is 2.73. The Hall–Kier alpha value is -2.62. The summed E-state index contributed by atoms with van der Waals surface area (Å²) in [5, 5.41) is 12.3. The Balaban J connectivity index is 1.33. The maximum absolute atomic E-state index is 12.8. The van der Waals surface area contributed by atoms with Gasteiger partial charge in [0.05, 0.1) is 5.75 Å². The van der Waals surface area contributed by atoms with E-state index in [0.29, 0.717) is 31.1 Å². The number of hydrogen-bond acceptors (Lipinski definition) is 6. The number of carbonyl (C=O) groups is 1. The molecule has 1 N–H and O–H groups in total. The summed E-state index contributed by atoms with van der Waals surface area (Å²) in [6.07, 6.45) is 0.979. The zero-order chi connectivity index (χ0) is 21.8. The van der Waals surface area contributed by atoms with Crippen LogP contribution in [0.4, 0.5) is 5.13 Å². The largest absolute Gasteiger partial charge is 0.300 e. The molecule has 1 aliphatic heterocycles. The van der Waals surface area contributed by atoms with Gasteiger partial charge in [-0.3, -0.25) is 4.79 Å². The number of benzene rings is 2. The Morgan fingerprint density at radius 2 is 1.74 bits per heavy atom. The predicted molar refractivity (Wildman–Crippen MR) is 122 cm³/mol. The van der Waals surface area contributed by atoms with Gasteiger partial charge < -0.3 is 5.32 Å². The van der Waals surface area contributed by atoms with Crippen molar-refractivity contribution in [3.05, 3.63) is 65.7 Å². The van der Waals surface area contributed by atoms with Gasteiger partial charge >= 0.3 is 0 Å². The van der Waals surface area contributed by atoms with Crippen LogP contribution in [-0.4, -0.2) is 41.9 Å². The molecule has 2 aromatic carbocycles. The molecule has 1 fully saturated rings. The van der Waals surface area contributed by atoms with E-state index >= 15 is 0 Å². The summed E-state index contributed by atoms with van der Waals surface area (Å²) in [6.45, 7) is 2.60. The lowest BCUT2D eigenvalue weighted by atomic mass is 9.97. The molecular weight excluding hydrogens is 432 g/mol. The molecule has 0 atom stereocenters. The van der Waals surface area contributed by atoms with E-state index in [-0.39, 0.29) is 17.6 Å². The van der Waals surface area contributed by atoms with Gasteiger partial charge in [-0.15, -0.1) is 10.2 Å². The van der Waals surface area contributed by atoms with E-state index in [2.05, 4.69) is 15.5 Å². The number of aromatic nitrogens is 2. The number of rotatable bonds is 6. The number of carbonyl (C=O) groups excluding carboxylic acids is 1.